The van der Waals surface area contributed by atoms with E-state index in [9.17, 15) is 8.42 Å². The minimum absolute atomic E-state index is 0.251. The van der Waals surface area contributed by atoms with Gasteiger partial charge in [-0.3, -0.25) is 4.98 Å². The van der Waals surface area contributed by atoms with Crippen LogP contribution in [0, 0.1) is 0 Å². The van der Waals surface area contributed by atoms with Gasteiger partial charge in [-0.05, 0) is 24.3 Å². The van der Waals surface area contributed by atoms with E-state index in [0.717, 1.165) is 10.9 Å². The molecule has 2 heterocycles. The van der Waals surface area contributed by atoms with E-state index in [2.05, 4.69) is 9.97 Å². The number of hydrogen-bond acceptors (Lipinski definition) is 4. The molecule has 0 saturated heterocycles. The summed E-state index contributed by atoms with van der Waals surface area (Å²) in [6.45, 7) is 0. The number of rotatable bonds is 2. The van der Waals surface area contributed by atoms with Gasteiger partial charge in [0.2, 0.25) is 0 Å². The van der Waals surface area contributed by atoms with Gasteiger partial charge >= 0.3 is 0 Å². The lowest BCUT2D eigenvalue weighted by Crippen LogP contribution is -1.99. The quantitative estimate of drug-likeness (QED) is 0.726. The zero-order valence-corrected chi connectivity index (χ0v) is 11.6. The van der Waals surface area contributed by atoms with E-state index in [1.165, 1.54) is 6.26 Å². The van der Waals surface area contributed by atoms with E-state index in [-0.39, 0.29) is 4.90 Å². The smallest absolute Gasteiger partial charge is 0.177 e. The molecule has 3 rings (SSSR count). The van der Waals surface area contributed by atoms with Gasteiger partial charge in [0.1, 0.15) is 0 Å². The van der Waals surface area contributed by atoms with Gasteiger partial charge in [0, 0.05) is 29.6 Å². The number of pyridine rings is 2. The summed E-state index contributed by atoms with van der Waals surface area (Å²) in [5.41, 5.74) is 2.07. The Morgan fingerprint density at radius 3 is 2.55 bits per heavy atom. The van der Waals surface area contributed by atoms with Crippen molar-refractivity contribution in [2.24, 2.45) is 0 Å². The van der Waals surface area contributed by atoms with Crippen LogP contribution in [0.3, 0.4) is 0 Å². The van der Waals surface area contributed by atoms with Crippen LogP contribution in [-0.4, -0.2) is 24.6 Å². The monoisotopic (exact) mass is 284 g/mol. The van der Waals surface area contributed by atoms with Crippen molar-refractivity contribution in [1.29, 1.82) is 0 Å². The molecule has 0 aliphatic rings. The Labute approximate surface area is 117 Å². The number of benzene rings is 1. The first-order valence-corrected chi connectivity index (χ1v) is 7.95. The topological polar surface area (TPSA) is 59.9 Å². The molecule has 2 aromatic heterocycles. The fraction of sp³-hybridized carbons (Fsp3) is 0.0667. The predicted octanol–water partition coefficient (Wildman–Crippen LogP) is 2.70. The van der Waals surface area contributed by atoms with Crippen molar-refractivity contribution in [3.05, 3.63) is 54.9 Å². The molecule has 20 heavy (non-hydrogen) atoms. The lowest BCUT2D eigenvalue weighted by atomic mass is 10.1. The number of aromatic nitrogens is 2. The van der Waals surface area contributed by atoms with Crippen LogP contribution in [0.2, 0.25) is 0 Å². The van der Waals surface area contributed by atoms with E-state index in [0.29, 0.717) is 11.2 Å². The van der Waals surface area contributed by atoms with E-state index >= 15 is 0 Å². The van der Waals surface area contributed by atoms with Crippen LogP contribution in [0.4, 0.5) is 0 Å². The van der Waals surface area contributed by atoms with Crippen LogP contribution >= 0.6 is 0 Å². The first-order valence-electron chi connectivity index (χ1n) is 6.06. The first kappa shape index (κ1) is 12.7. The third kappa shape index (κ3) is 2.28. The van der Waals surface area contributed by atoms with Crippen molar-refractivity contribution in [1.82, 2.24) is 9.97 Å². The molecule has 1 aromatic carbocycles. The zero-order chi connectivity index (χ0) is 14.2. The van der Waals surface area contributed by atoms with E-state index in [4.69, 9.17) is 0 Å². The Bertz CT molecular complexity index is 875. The molecule has 0 atom stereocenters. The molecule has 0 aliphatic carbocycles. The maximum absolute atomic E-state index is 11.8. The van der Waals surface area contributed by atoms with Crippen LogP contribution in [0.25, 0.3) is 22.2 Å². The highest BCUT2D eigenvalue weighted by Gasteiger charge is 2.13. The minimum atomic E-state index is -3.31. The fourth-order valence-corrected chi connectivity index (χ4v) is 2.93. The average Bonchev–Trinajstić information content (AvgIpc) is 2.46. The molecule has 3 aromatic rings. The summed E-state index contributed by atoms with van der Waals surface area (Å²) in [7, 11) is -3.31. The molecule has 0 unspecified atom stereocenters. The van der Waals surface area contributed by atoms with Gasteiger partial charge in [-0.1, -0.05) is 18.2 Å². The average molecular weight is 284 g/mol. The van der Waals surface area contributed by atoms with Gasteiger partial charge in [0.25, 0.3) is 0 Å². The summed E-state index contributed by atoms with van der Waals surface area (Å²) in [6, 6.07) is 12.6. The maximum Gasteiger partial charge on any atom is 0.177 e. The van der Waals surface area contributed by atoms with Crippen LogP contribution in [0.15, 0.2) is 59.8 Å². The standard InChI is InChI=1S/C15H12N2O2S/c1-20(18,19)14-6-2-4-11-7-8-13(17-15(11)14)12-5-3-9-16-10-12/h2-10H,1H3. The second-order valence-corrected chi connectivity index (χ2v) is 6.52. The summed E-state index contributed by atoms with van der Waals surface area (Å²) in [5.74, 6) is 0. The zero-order valence-electron chi connectivity index (χ0n) is 10.8. The summed E-state index contributed by atoms with van der Waals surface area (Å²) in [5, 5.41) is 0.806. The van der Waals surface area contributed by atoms with E-state index < -0.39 is 9.84 Å². The van der Waals surface area contributed by atoms with Crippen LogP contribution < -0.4 is 0 Å². The third-order valence-electron chi connectivity index (χ3n) is 3.04. The Hall–Kier alpha value is -2.27. The molecule has 5 heteroatoms. The number of fused-ring (bicyclic) bond motifs is 1. The van der Waals surface area contributed by atoms with Gasteiger partial charge in [0.05, 0.1) is 16.1 Å². The van der Waals surface area contributed by atoms with Crippen molar-refractivity contribution in [2.75, 3.05) is 6.26 Å². The van der Waals surface area contributed by atoms with Crippen molar-refractivity contribution in [3.8, 4) is 11.3 Å². The highest BCUT2D eigenvalue weighted by atomic mass is 32.2. The van der Waals surface area contributed by atoms with Crippen molar-refractivity contribution < 1.29 is 8.42 Å². The second-order valence-electron chi connectivity index (χ2n) is 4.54. The largest absolute Gasteiger partial charge is 0.264 e. The fourth-order valence-electron chi connectivity index (χ4n) is 2.09. The number of hydrogen-bond donors (Lipinski definition) is 0. The Morgan fingerprint density at radius 2 is 1.85 bits per heavy atom. The number of nitrogens with zero attached hydrogens (tertiary/aromatic N) is 2. The molecule has 0 bridgehead atoms. The molecular formula is C15H12N2O2S. The normalized spacial score (nSPS) is 11.7. The van der Waals surface area contributed by atoms with Gasteiger partial charge in [-0.15, -0.1) is 0 Å². The van der Waals surface area contributed by atoms with Crippen LogP contribution in [-0.2, 0) is 9.84 Å². The predicted molar refractivity (Wildman–Crippen MR) is 78.1 cm³/mol. The van der Waals surface area contributed by atoms with Crippen molar-refractivity contribution in [3.63, 3.8) is 0 Å². The molecule has 0 aliphatic heterocycles. The van der Waals surface area contributed by atoms with Gasteiger partial charge in [-0.2, -0.15) is 0 Å². The molecule has 0 radical (unpaired) electrons. The van der Waals surface area contributed by atoms with Gasteiger partial charge in [-0.25, -0.2) is 13.4 Å². The van der Waals surface area contributed by atoms with Crippen LogP contribution in [0.1, 0.15) is 0 Å². The Morgan fingerprint density at radius 1 is 1.00 bits per heavy atom. The third-order valence-corrected chi connectivity index (χ3v) is 4.17. The lowest BCUT2D eigenvalue weighted by Gasteiger charge is -2.06. The molecule has 0 spiro atoms. The molecule has 0 saturated carbocycles. The number of para-hydroxylation sites is 1. The summed E-state index contributed by atoms with van der Waals surface area (Å²) >= 11 is 0. The number of sulfone groups is 1. The van der Waals surface area contributed by atoms with Crippen molar-refractivity contribution >= 4 is 20.7 Å². The van der Waals surface area contributed by atoms with E-state index in [1.54, 1.807) is 24.5 Å². The highest BCUT2D eigenvalue weighted by Crippen LogP contribution is 2.25. The van der Waals surface area contributed by atoms with Gasteiger partial charge in [0.15, 0.2) is 9.84 Å². The summed E-state index contributed by atoms with van der Waals surface area (Å²) in [4.78, 5) is 8.80. The SMILES string of the molecule is CS(=O)(=O)c1cccc2ccc(-c3cccnc3)nc12. The summed E-state index contributed by atoms with van der Waals surface area (Å²) < 4.78 is 23.7. The molecule has 0 N–H and O–H groups in total. The molecule has 0 amide bonds. The second kappa shape index (κ2) is 4.68. The molecule has 4 nitrogen and oxygen atoms in total. The Kier molecular flexibility index (Phi) is 2.99. The maximum atomic E-state index is 11.8. The summed E-state index contributed by atoms with van der Waals surface area (Å²) in [6.07, 6.45) is 4.59. The first-order chi connectivity index (χ1) is 9.55. The molecular weight excluding hydrogens is 272 g/mol. The lowest BCUT2D eigenvalue weighted by molar-refractivity contribution is 0.602. The van der Waals surface area contributed by atoms with Gasteiger partial charge < -0.3 is 0 Å². The van der Waals surface area contributed by atoms with E-state index in [1.807, 2.05) is 30.3 Å². The Balaban J connectivity index is 2.30. The highest BCUT2D eigenvalue weighted by molar-refractivity contribution is 7.91. The van der Waals surface area contributed by atoms with Crippen molar-refractivity contribution in [2.45, 2.75) is 4.90 Å². The molecule has 100 valence electrons. The molecule has 0 fully saturated rings. The van der Waals surface area contributed by atoms with Crippen LogP contribution in [0.5, 0.6) is 0 Å². The minimum Gasteiger partial charge on any atom is -0.264 e.